The molecule has 4 aliphatic rings. The van der Waals surface area contributed by atoms with Gasteiger partial charge in [-0.25, -0.2) is 38.8 Å². The Balaban J connectivity index is 0.000000172. The van der Waals surface area contributed by atoms with Gasteiger partial charge in [0.05, 0.1) is 18.1 Å². The molecule has 0 aromatic heterocycles. The Labute approximate surface area is 464 Å². The summed E-state index contributed by atoms with van der Waals surface area (Å²) in [5.74, 6) is 3.43. The van der Waals surface area contributed by atoms with Crippen molar-refractivity contribution in [3.63, 3.8) is 0 Å². The lowest BCUT2D eigenvalue weighted by Crippen LogP contribution is -2.40. The van der Waals surface area contributed by atoms with E-state index in [1.165, 1.54) is 33.7 Å². The van der Waals surface area contributed by atoms with Crippen LogP contribution in [0.4, 0.5) is 19.2 Å². The minimum atomic E-state index is -0.608. The summed E-state index contributed by atoms with van der Waals surface area (Å²) in [5.41, 5.74) is 4.70. The van der Waals surface area contributed by atoms with Crippen LogP contribution < -0.4 is 0 Å². The number of rotatable bonds is 13. The monoisotopic (exact) mass is 1090 g/mol. The van der Waals surface area contributed by atoms with Crippen molar-refractivity contribution in [2.24, 2.45) is 0 Å². The predicted molar refractivity (Wildman–Crippen MR) is 298 cm³/mol. The number of hydrogen-bond acceptors (Lipinski definition) is 13. The number of hydrogen-bond donors (Lipinski definition) is 0. The molecular formula is C62H62N4O12S. The third-order valence-corrected chi connectivity index (χ3v) is 13.2. The molecule has 4 heterocycles. The molecule has 4 saturated heterocycles. The summed E-state index contributed by atoms with van der Waals surface area (Å²) >= 11 is 1.43. The number of amides is 8. The number of allylic oxidation sites excluding steroid dienone is 2. The second-order valence-electron chi connectivity index (χ2n) is 17.9. The quantitative estimate of drug-likeness (QED) is 0.0470. The van der Waals surface area contributed by atoms with Crippen molar-refractivity contribution in [1.82, 2.24) is 19.6 Å². The predicted octanol–water partition coefficient (Wildman–Crippen LogP) is 10.7. The maximum Gasteiger partial charge on any atom is 0.417 e. The second-order valence-corrected chi connectivity index (χ2v) is 18.9. The Hall–Kier alpha value is -9.01. The van der Waals surface area contributed by atoms with Crippen molar-refractivity contribution in [2.75, 3.05) is 26.4 Å². The van der Waals surface area contributed by atoms with Gasteiger partial charge in [-0.3, -0.25) is 19.2 Å². The molecule has 8 amide bonds. The number of ether oxygens (including phenoxy) is 4. The largest absolute Gasteiger partial charge is 0.447 e. The van der Waals surface area contributed by atoms with Crippen molar-refractivity contribution >= 4 is 59.8 Å². The van der Waals surface area contributed by atoms with Gasteiger partial charge in [-0.05, 0) is 98.2 Å². The average molecular weight is 1090 g/mol. The number of thioether (sulfide) groups is 1. The normalized spacial score (nSPS) is 18.4. The molecule has 5 aromatic rings. The highest BCUT2D eigenvalue weighted by Gasteiger charge is 2.40. The van der Waals surface area contributed by atoms with Crippen LogP contribution in [0.25, 0.3) is 0 Å². The first-order valence-corrected chi connectivity index (χ1v) is 26.5. The Morgan fingerprint density at radius 1 is 0.544 bits per heavy atom. The number of imide groups is 4. The smallest absolute Gasteiger partial charge is 0.417 e. The third kappa shape index (κ3) is 17.2. The molecule has 0 saturated carbocycles. The van der Waals surface area contributed by atoms with Crippen molar-refractivity contribution < 1.29 is 57.3 Å². The molecule has 4 atom stereocenters. The lowest BCUT2D eigenvalue weighted by Gasteiger charge is -2.20. The van der Waals surface area contributed by atoms with Crippen molar-refractivity contribution in [1.29, 1.82) is 0 Å². The fourth-order valence-corrected chi connectivity index (χ4v) is 9.22. The van der Waals surface area contributed by atoms with Gasteiger partial charge >= 0.3 is 30.3 Å². The molecule has 408 valence electrons. The summed E-state index contributed by atoms with van der Waals surface area (Å²) in [6, 6.07) is 47.3. The second kappa shape index (κ2) is 30.7. The van der Waals surface area contributed by atoms with Crippen LogP contribution in [0.1, 0.15) is 62.4 Å². The maximum atomic E-state index is 12.4. The van der Waals surface area contributed by atoms with Crippen LogP contribution in [0.3, 0.4) is 0 Å². The van der Waals surface area contributed by atoms with Crippen LogP contribution >= 0.6 is 11.8 Å². The fourth-order valence-electron chi connectivity index (χ4n) is 8.57. The SMILES string of the molecule is C/C=C/C(=O)N1C(=O)OC[C@@H]1c1ccccc1.CC#CC(=O)N1C(=O)OC[C@@H]1Cc1ccccc1.CC/C=C(\C)C(=O)N1C(=O)OC[C@@H]1Cc1ccccc1.O=C(C=CSc1ccccc1)N1C(=O)OC[C@@H]1Cc1ccccc1. The molecule has 0 unspecified atom stereocenters. The number of cyclic esters (lactones) is 4. The fraction of sp³-hybridized carbons (Fsp3) is 0.258. The number of nitrogens with zero attached hydrogens (tertiary/aromatic N) is 4. The molecule has 5 aromatic carbocycles. The summed E-state index contributed by atoms with van der Waals surface area (Å²) in [5, 5.41) is 1.70. The highest BCUT2D eigenvalue weighted by atomic mass is 32.2. The Kier molecular flexibility index (Phi) is 23.0. The molecular weight excluding hydrogens is 1020 g/mol. The van der Waals surface area contributed by atoms with Crippen LogP contribution in [-0.2, 0) is 57.4 Å². The highest BCUT2D eigenvalue weighted by Crippen LogP contribution is 2.28. The zero-order valence-electron chi connectivity index (χ0n) is 44.4. The van der Waals surface area contributed by atoms with Gasteiger partial charge in [-0.15, -0.1) is 0 Å². The summed E-state index contributed by atoms with van der Waals surface area (Å²) in [6.45, 7) is 7.93. The molecule has 0 bridgehead atoms. The molecule has 0 radical (unpaired) electrons. The number of carbonyl (C=O) groups excluding carboxylic acids is 8. The van der Waals surface area contributed by atoms with Gasteiger partial charge in [0.25, 0.3) is 17.7 Å². The van der Waals surface area contributed by atoms with Gasteiger partial charge in [0.1, 0.15) is 32.5 Å². The van der Waals surface area contributed by atoms with E-state index >= 15 is 0 Å². The Morgan fingerprint density at radius 2 is 0.949 bits per heavy atom. The molecule has 0 N–H and O–H groups in total. The standard InChI is InChI=1S/C19H17NO3S.C16H19NO3.C14H13NO3.C13H13NO3/c21-18(11-12-24-17-9-5-2-6-10-17)20-16(14-23-19(20)22)13-15-7-3-1-4-8-15;1-3-7-12(2)15(18)17-14(11-20-16(17)19)10-13-8-5-4-6-9-13;1-2-6-13(16)15-12(10-18-14(15)17)9-11-7-4-3-5-8-11;1-2-6-12(15)14-11(9-17-13(14)16)10-7-4-3-5-8-10/h1-12,16H,13-14H2;4-9,14H,3,10-11H2,1-2H3;3-5,7-8,12H,9-10H2,1H3;2-8,11H,9H2,1H3/b;12-7+;;6-2+/t16-;14-;12-;11-/m0001/s1. The molecule has 79 heavy (non-hydrogen) atoms. The zero-order chi connectivity index (χ0) is 56.5. The third-order valence-electron chi connectivity index (χ3n) is 12.3. The first-order chi connectivity index (χ1) is 38.3. The van der Waals surface area contributed by atoms with Crippen LogP contribution in [0.15, 0.2) is 192 Å². The molecule has 0 aliphatic carbocycles. The first-order valence-electron chi connectivity index (χ1n) is 25.6. The van der Waals surface area contributed by atoms with E-state index in [9.17, 15) is 38.4 Å². The van der Waals surface area contributed by atoms with E-state index in [1.807, 2.05) is 165 Å². The first kappa shape index (κ1) is 59.2. The highest BCUT2D eigenvalue weighted by molar-refractivity contribution is 8.02. The molecule has 0 spiro atoms. The Bertz CT molecular complexity index is 3040. The summed E-state index contributed by atoms with van der Waals surface area (Å²) in [4.78, 5) is 101. The topological polar surface area (TPSA) is 186 Å². The van der Waals surface area contributed by atoms with E-state index in [-0.39, 0.29) is 68.3 Å². The van der Waals surface area contributed by atoms with Crippen molar-refractivity contribution in [2.45, 2.75) is 82.4 Å². The number of carbonyl (C=O) groups is 8. The van der Waals surface area contributed by atoms with Crippen LogP contribution in [0, 0.1) is 11.8 Å². The van der Waals surface area contributed by atoms with Gasteiger partial charge in [0.2, 0.25) is 0 Å². The van der Waals surface area contributed by atoms with E-state index in [1.54, 1.807) is 32.3 Å². The van der Waals surface area contributed by atoms with Crippen LogP contribution in [0.5, 0.6) is 0 Å². The lowest BCUT2D eigenvalue weighted by molar-refractivity contribution is -0.125. The minimum Gasteiger partial charge on any atom is -0.447 e. The van der Waals surface area contributed by atoms with Crippen molar-refractivity contribution in [3.8, 4) is 11.8 Å². The lowest BCUT2D eigenvalue weighted by atomic mass is 10.1. The molecule has 17 heteroatoms. The molecule has 9 rings (SSSR count). The van der Waals surface area contributed by atoms with Crippen molar-refractivity contribution in [3.05, 3.63) is 209 Å². The zero-order valence-corrected chi connectivity index (χ0v) is 45.2. The van der Waals surface area contributed by atoms with Gasteiger partial charge in [-0.2, -0.15) is 0 Å². The van der Waals surface area contributed by atoms with E-state index in [4.69, 9.17) is 18.9 Å². The molecule has 4 fully saturated rings. The van der Waals surface area contributed by atoms with Crippen LogP contribution in [-0.4, -0.2) is 112 Å². The average Bonchev–Trinajstić information content (AvgIpc) is 4.27. The van der Waals surface area contributed by atoms with E-state index in [0.29, 0.717) is 24.8 Å². The Morgan fingerprint density at radius 3 is 1.43 bits per heavy atom. The van der Waals surface area contributed by atoms with Crippen LogP contribution in [0.2, 0.25) is 0 Å². The van der Waals surface area contributed by atoms with Gasteiger partial charge in [-0.1, -0.05) is 176 Å². The number of benzene rings is 5. The molecule has 4 aliphatic heterocycles. The van der Waals surface area contributed by atoms with E-state index in [0.717, 1.165) is 43.4 Å². The summed E-state index contributed by atoms with van der Waals surface area (Å²) in [6.07, 6.45) is 6.48. The minimum absolute atomic E-state index is 0.214. The summed E-state index contributed by atoms with van der Waals surface area (Å²) in [7, 11) is 0. The van der Waals surface area contributed by atoms with Gasteiger partial charge in [0, 0.05) is 16.5 Å². The van der Waals surface area contributed by atoms with E-state index < -0.39 is 30.3 Å². The van der Waals surface area contributed by atoms with Gasteiger partial charge < -0.3 is 18.9 Å². The van der Waals surface area contributed by atoms with Gasteiger partial charge in [0.15, 0.2) is 0 Å². The summed E-state index contributed by atoms with van der Waals surface area (Å²) < 4.78 is 19.9. The van der Waals surface area contributed by atoms with E-state index in [2.05, 4.69) is 11.8 Å². The maximum absolute atomic E-state index is 12.4. The molecule has 16 nitrogen and oxygen atoms in total.